The number of nitrogens with zero attached hydrogens (tertiary/aromatic N) is 3. The number of furan rings is 2. The maximum absolute atomic E-state index is 8.70. The van der Waals surface area contributed by atoms with Crippen LogP contribution in [-0.4, -0.2) is 21.2 Å². The van der Waals surface area contributed by atoms with Gasteiger partial charge in [-0.3, -0.25) is 0 Å². The van der Waals surface area contributed by atoms with Crippen LogP contribution in [0.4, 0.5) is 11.4 Å². The van der Waals surface area contributed by atoms with Gasteiger partial charge < -0.3 is 19.6 Å². The van der Waals surface area contributed by atoms with E-state index in [1.54, 1.807) is 0 Å². The van der Waals surface area contributed by atoms with Crippen LogP contribution in [0.15, 0.2) is 239 Å². The van der Waals surface area contributed by atoms with Crippen LogP contribution in [0.3, 0.4) is 0 Å². The molecule has 0 atom stereocenters. The van der Waals surface area contributed by atoms with Crippen molar-refractivity contribution >= 4 is 61.5 Å². The molecule has 0 fully saturated rings. The Labute approximate surface area is 414 Å². The maximum Gasteiger partial charge on any atom is 0.164 e. The topological polar surface area (TPSA) is 101 Å². The first-order valence-electron chi connectivity index (χ1n) is 24.1. The number of fused-ring (bicyclic) bond motifs is 9. The Morgan fingerprint density at radius 2 is 0.903 bits per heavy atom. The summed E-state index contributed by atoms with van der Waals surface area (Å²) in [4.78, 5) is 15.6. The van der Waals surface area contributed by atoms with Gasteiger partial charge in [-0.1, -0.05) is 182 Å². The molecule has 14 rings (SSSR count). The van der Waals surface area contributed by atoms with Crippen LogP contribution in [0.2, 0.25) is 0 Å². The van der Waals surface area contributed by atoms with Crippen LogP contribution in [-0.2, 0) is 5.41 Å². The first-order chi connectivity index (χ1) is 35.6. The molecule has 0 amide bonds. The normalized spacial score (nSPS) is 12.6. The number of anilines is 2. The standard InChI is InChI=1S/C65H41N5O2/c66-39-43-37-45(65(44-16-2-1-3-17-44)53-25-8-4-19-47(53)48-20-5-9-26-54(48)65)35-36-55(43)67-46-18-12-15-42(38-46)40-31-33-41(34-32-40)62-68-63(51-23-13-29-58-60(51)49-21-6-10-27-56(49)71-58)70-64(69-62)52-24-14-30-59-61(52)50-22-7-11-28-57(50)72-59/h1-39,66-67H. The van der Waals surface area contributed by atoms with Gasteiger partial charge in [0.25, 0.3) is 0 Å². The van der Waals surface area contributed by atoms with E-state index in [2.05, 4.69) is 175 Å². The summed E-state index contributed by atoms with van der Waals surface area (Å²) in [6.07, 6.45) is 1.45. The molecule has 1 aliphatic rings. The molecule has 10 aromatic carbocycles. The summed E-state index contributed by atoms with van der Waals surface area (Å²) in [5, 5.41) is 16.3. The minimum Gasteiger partial charge on any atom is -0.456 e. The Balaban J connectivity index is 0.829. The molecule has 13 aromatic rings. The Hall–Kier alpha value is -9.72. The summed E-state index contributed by atoms with van der Waals surface area (Å²) in [5.41, 5.74) is 17.1. The average Bonchev–Trinajstić information content (AvgIpc) is 4.12. The summed E-state index contributed by atoms with van der Waals surface area (Å²) < 4.78 is 12.6. The van der Waals surface area contributed by atoms with Crippen LogP contribution in [0.25, 0.3) is 100 Å². The SMILES string of the molecule is N=Cc1cc(C2(c3ccccc3)c3ccccc3-c3ccccc32)ccc1Nc1cccc(-c2ccc(-c3nc(-c4cccc5oc6ccccc6c45)nc(-c4cccc5oc6ccccc6c45)n3)cc2)c1. The minimum absolute atomic E-state index is 0.547. The lowest BCUT2D eigenvalue weighted by Gasteiger charge is -2.34. The highest BCUT2D eigenvalue weighted by Crippen LogP contribution is 2.56. The van der Waals surface area contributed by atoms with Crippen LogP contribution in [0, 0.1) is 5.41 Å². The van der Waals surface area contributed by atoms with E-state index in [9.17, 15) is 0 Å². The molecule has 0 radical (unpaired) electrons. The van der Waals surface area contributed by atoms with E-state index in [0.29, 0.717) is 17.5 Å². The maximum atomic E-state index is 8.70. The summed E-state index contributed by atoms with van der Waals surface area (Å²) in [6.45, 7) is 0. The highest BCUT2D eigenvalue weighted by Gasteiger charge is 2.46. The summed E-state index contributed by atoms with van der Waals surface area (Å²) in [5.74, 6) is 1.64. The lowest BCUT2D eigenvalue weighted by molar-refractivity contribution is 0.668. The van der Waals surface area contributed by atoms with E-state index in [0.717, 1.165) is 94.2 Å². The first-order valence-corrected chi connectivity index (χ1v) is 24.1. The molecule has 0 saturated heterocycles. The third-order valence-corrected chi connectivity index (χ3v) is 14.3. The van der Waals surface area contributed by atoms with Crippen molar-refractivity contribution in [1.82, 2.24) is 15.0 Å². The van der Waals surface area contributed by atoms with Crippen molar-refractivity contribution in [1.29, 1.82) is 5.41 Å². The Kier molecular flexibility index (Phi) is 9.44. The molecule has 338 valence electrons. The monoisotopic (exact) mass is 923 g/mol. The Morgan fingerprint density at radius 3 is 1.53 bits per heavy atom. The van der Waals surface area contributed by atoms with Gasteiger partial charge in [0.15, 0.2) is 17.5 Å². The number of benzene rings is 10. The van der Waals surface area contributed by atoms with Crippen molar-refractivity contribution in [2.45, 2.75) is 5.41 Å². The van der Waals surface area contributed by atoms with Gasteiger partial charge >= 0.3 is 0 Å². The molecule has 3 heterocycles. The molecular formula is C65H41N5O2. The zero-order valence-electron chi connectivity index (χ0n) is 38.7. The zero-order valence-corrected chi connectivity index (χ0v) is 38.7. The summed E-state index contributed by atoms with van der Waals surface area (Å²) in [7, 11) is 0. The Bertz CT molecular complexity index is 4110. The third kappa shape index (κ3) is 6.45. The van der Waals surface area contributed by atoms with Crippen molar-refractivity contribution in [3.63, 3.8) is 0 Å². The van der Waals surface area contributed by atoms with E-state index < -0.39 is 5.41 Å². The summed E-state index contributed by atoms with van der Waals surface area (Å²) in [6, 6.07) is 79.7. The highest BCUT2D eigenvalue weighted by atomic mass is 16.3. The largest absolute Gasteiger partial charge is 0.456 e. The second kappa shape index (κ2) is 16.5. The van der Waals surface area contributed by atoms with E-state index in [1.807, 2.05) is 60.7 Å². The molecule has 3 aromatic heterocycles. The van der Waals surface area contributed by atoms with Crippen LogP contribution in [0.5, 0.6) is 0 Å². The lowest BCUT2D eigenvalue weighted by Crippen LogP contribution is -2.28. The van der Waals surface area contributed by atoms with Gasteiger partial charge in [-0.05, 0) is 93.0 Å². The smallest absolute Gasteiger partial charge is 0.164 e. The van der Waals surface area contributed by atoms with Crippen molar-refractivity contribution in [3.8, 4) is 56.4 Å². The van der Waals surface area contributed by atoms with Gasteiger partial charge in [-0.15, -0.1) is 0 Å². The highest BCUT2D eigenvalue weighted by molar-refractivity contribution is 6.13. The lowest BCUT2D eigenvalue weighted by atomic mass is 9.67. The molecule has 0 unspecified atom stereocenters. The first kappa shape index (κ1) is 41.3. The predicted octanol–water partition coefficient (Wildman–Crippen LogP) is 16.4. The quantitative estimate of drug-likeness (QED) is 0.140. The molecule has 0 saturated carbocycles. The van der Waals surface area contributed by atoms with Gasteiger partial charge in [0.2, 0.25) is 0 Å². The number of nitrogens with one attached hydrogen (secondary N) is 2. The second-order valence-corrected chi connectivity index (χ2v) is 18.3. The minimum atomic E-state index is -0.549. The van der Waals surface area contributed by atoms with Crippen molar-refractivity contribution in [2.75, 3.05) is 5.32 Å². The molecule has 72 heavy (non-hydrogen) atoms. The number of para-hydroxylation sites is 2. The fourth-order valence-corrected chi connectivity index (χ4v) is 11.2. The summed E-state index contributed by atoms with van der Waals surface area (Å²) >= 11 is 0. The average molecular weight is 924 g/mol. The van der Waals surface area contributed by atoms with Gasteiger partial charge in [0, 0.05) is 61.4 Å². The van der Waals surface area contributed by atoms with E-state index >= 15 is 0 Å². The van der Waals surface area contributed by atoms with E-state index in [-0.39, 0.29) is 0 Å². The molecule has 7 nitrogen and oxygen atoms in total. The molecule has 1 aliphatic carbocycles. The number of hydrogen-bond acceptors (Lipinski definition) is 7. The van der Waals surface area contributed by atoms with Gasteiger partial charge in [0.05, 0.1) is 5.41 Å². The van der Waals surface area contributed by atoms with Crippen LogP contribution >= 0.6 is 0 Å². The predicted molar refractivity (Wildman–Crippen MR) is 291 cm³/mol. The fraction of sp³-hybridized carbons (Fsp3) is 0.0154. The molecule has 0 aliphatic heterocycles. The van der Waals surface area contributed by atoms with Gasteiger partial charge in [-0.2, -0.15) is 0 Å². The molecule has 7 heteroatoms. The zero-order chi connectivity index (χ0) is 47.8. The van der Waals surface area contributed by atoms with Gasteiger partial charge in [-0.25, -0.2) is 15.0 Å². The number of hydrogen-bond donors (Lipinski definition) is 2. The second-order valence-electron chi connectivity index (χ2n) is 18.3. The van der Waals surface area contributed by atoms with Crippen molar-refractivity contribution in [3.05, 3.63) is 258 Å². The number of aromatic nitrogens is 3. The van der Waals surface area contributed by atoms with Crippen molar-refractivity contribution in [2.24, 2.45) is 0 Å². The van der Waals surface area contributed by atoms with Crippen LogP contribution in [0.1, 0.15) is 27.8 Å². The third-order valence-electron chi connectivity index (χ3n) is 14.3. The molecular weight excluding hydrogens is 883 g/mol. The van der Waals surface area contributed by atoms with Crippen LogP contribution < -0.4 is 5.32 Å². The van der Waals surface area contributed by atoms with E-state index in [4.69, 9.17) is 29.2 Å². The Morgan fingerprint density at radius 1 is 0.389 bits per heavy atom. The molecule has 0 spiro atoms. The molecule has 0 bridgehead atoms. The van der Waals surface area contributed by atoms with E-state index in [1.165, 1.54) is 34.0 Å². The number of rotatable bonds is 9. The van der Waals surface area contributed by atoms with Crippen molar-refractivity contribution < 1.29 is 8.83 Å². The van der Waals surface area contributed by atoms with Gasteiger partial charge in [0.1, 0.15) is 22.3 Å². The fourth-order valence-electron chi connectivity index (χ4n) is 11.2. The molecule has 2 N–H and O–H groups in total.